The number of halogens is 6. The van der Waals surface area contributed by atoms with Gasteiger partial charge in [-0.25, -0.2) is 4.39 Å². The predicted octanol–water partition coefficient (Wildman–Crippen LogP) is 5.51. The Balaban J connectivity index is 0.00000150. The number of piperazine rings is 1. The molecule has 160 valence electrons. The lowest BCUT2D eigenvalue weighted by Crippen LogP contribution is -2.45. The highest BCUT2D eigenvalue weighted by Gasteiger charge is 2.39. The minimum atomic E-state index is -4.35. The molecular weight excluding hydrogens is 427 g/mol. The summed E-state index contributed by atoms with van der Waals surface area (Å²) in [6.45, 7) is 3.50. The van der Waals surface area contributed by atoms with Crippen LogP contribution in [0, 0.1) is 5.82 Å². The number of nitrogens with zero attached hydrogens (tertiary/aromatic N) is 2. The second kappa shape index (κ2) is 9.21. The molecule has 2 nitrogen and oxygen atoms in total. The number of likely N-dealkylation sites (N-methyl/N-ethyl adjacent to an activating group) is 1. The van der Waals surface area contributed by atoms with E-state index < -0.39 is 11.7 Å². The summed E-state index contributed by atoms with van der Waals surface area (Å²) in [6.07, 6.45) is -3.62. The average molecular weight is 451 g/mol. The Labute approximate surface area is 180 Å². The zero-order valence-electron chi connectivity index (χ0n) is 16.0. The number of hydrogen-bond donors (Lipinski definition) is 0. The van der Waals surface area contributed by atoms with Crippen LogP contribution in [0.5, 0.6) is 0 Å². The van der Waals surface area contributed by atoms with E-state index >= 15 is 0 Å². The molecule has 2 aromatic carbocycles. The molecule has 0 aromatic heterocycles. The molecule has 1 aliphatic heterocycles. The molecule has 1 saturated heterocycles. The lowest BCUT2D eigenvalue weighted by Gasteiger charge is -2.37. The summed E-state index contributed by atoms with van der Waals surface area (Å²) in [5.74, 6) is -0.312. The molecule has 1 heterocycles. The van der Waals surface area contributed by atoms with Gasteiger partial charge in [0.2, 0.25) is 0 Å². The molecule has 2 aromatic rings. The predicted molar refractivity (Wildman–Crippen MR) is 111 cm³/mol. The number of benzene rings is 2. The van der Waals surface area contributed by atoms with Crippen LogP contribution in [-0.4, -0.2) is 43.0 Å². The van der Waals surface area contributed by atoms with Crippen LogP contribution in [0.2, 0.25) is 0 Å². The lowest BCUT2D eigenvalue weighted by atomic mass is 9.92. The topological polar surface area (TPSA) is 6.48 Å². The van der Waals surface area contributed by atoms with E-state index in [4.69, 9.17) is 0 Å². The van der Waals surface area contributed by atoms with Crippen molar-refractivity contribution in [3.8, 4) is 0 Å². The van der Waals surface area contributed by atoms with Gasteiger partial charge in [-0.2, -0.15) is 13.2 Å². The van der Waals surface area contributed by atoms with Crippen LogP contribution in [0.3, 0.4) is 0 Å². The van der Waals surface area contributed by atoms with Gasteiger partial charge in [0.15, 0.2) is 0 Å². The fraction of sp³-hybridized carbons (Fsp3) is 0.429. The molecule has 1 aliphatic carbocycles. The summed E-state index contributed by atoms with van der Waals surface area (Å²) in [7, 11) is 2.06. The summed E-state index contributed by atoms with van der Waals surface area (Å²) in [5.41, 5.74) is 2.05. The normalized spacial score (nSPS) is 22.5. The Morgan fingerprint density at radius 3 is 2.07 bits per heavy atom. The van der Waals surface area contributed by atoms with E-state index in [-0.39, 0.29) is 42.6 Å². The summed E-state index contributed by atoms with van der Waals surface area (Å²) >= 11 is 0. The maximum absolute atomic E-state index is 13.3. The molecule has 29 heavy (non-hydrogen) atoms. The highest BCUT2D eigenvalue weighted by Crippen LogP contribution is 2.48. The molecular formula is C21H24Cl2F4N2. The molecule has 2 atom stereocenters. The Morgan fingerprint density at radius 2 is 1.48 bits per heavy atom. The standard InChI is InChI=1S/C21H22F4N2.2ClH/c1-26-8-10-27(11-9-26)20-13-18(14-2-5-16(22)6-3-14)17-7-4-15(12-19(17)20)21(23,24)25;;/h2-7,12,18,20H,8-11,13H2,1H3;2*1H/t18-,20+;;/m1../s1. The minimum absolute atomic E-state index is 0. The third-order valence-electron chi connectivity index (χ3n) is 5.86. The third-order valence-corrected chi connectivity index (χ3v) is 5.86. The van der Waals surface area contributed by atoms with Gasteiger partial charge in [0, 0.05) is 38.1 Å². The molecule has 0 amide bonds. The van der Waals surface area contributed by atoms with Crippen molar-refractivity contribution in [2.24, 2.45) is 0 Å². The zero-order chi connectivity index (χ0) is 19.2. The first-order valence-electron chi connectivity index (χ1n) is 9.22. The lowest BCUT2D eigenvalue weighted by molar-refractivity contribution is -0.137. The highest BCUT2D eigenvalue weighted by molar-refractivity contribution is 5.85. The first-order valence-corrected chi connectivity index (χ1v) is 9.22. The maximum atomic E-state index is 13.3. The zero-order valence-corrected chi connectivity index (χ0v) is 17.6. The molecule has 4 rings (SSSR count). The van der Waals surface area contributed by atoms with Crippen molar-refractivity contribution in [3.05, 3.63) is 70.5 Å². The molecule has 2 aliphatic rings. The second-order valence-corrected chi connectivity index (χ2v) is 7.54. The summed E-state index contributed by atoms with van der Waals surface area (Å²) < 4.78 is 53.2. The highest BCUT2D eigenvalue weighted by atomic mass is 35.5. The number of rotatable bonds is 2. The van der Waals surface area contributed by atoms with Gasteiger partial charge in [-0.1, -0.05) is 18.2 Å². The van der Waals surface area contributed by atoms with Gasteiger partial charge >= 0.3 is 6.18 Å². The first-order chi connectivity index (χ1) is 12.8. The number of alkyl halides is 3. The summed E-state index contributed by atoms with van der Waals surface area (Å²) in [5, 5.41) is 0. The largest absolute Gasteiger partial charge is 0.416 e. The van der Waals surface area contributed by atoms with Crippen LogP contribution >= 0.6 is 24.8 Å². The van der Waals surface area contributed by atoms with Crippen LogP contribution < -0.4 is 0 Å². The Hall–Kier alpha value is -1.34. The van der Waals surface area contributed by atoms with Crippen molar-refractivity contribution >= 4 is 24.8 Å². The second-order valence-electron chi connectivity index (χ2n) is 7.54. The van der Waals surface area contributed by atoms with Crippen molar-refractivity contribution in [1.82, 2.24) is 9.80 Å². The van der Waals surface area contributed by atoms with E-state index in [1.54, 1.807) is 18.2 Å². The fourth-order valence-electron chi connectivity index (χ4n) is 4.32. The van der Waals surface area contributed by atoms with Crippen LogP contribution in [0.4, 0.5) is 17.6 Å². The van der Waals surface area contributed by atoms with Crippen molar-refractivity contribution in [2.45, 2.75) is 24.6 Å². The summed E-state index contributed by atoms with van der Waals surface area (Å²) in [6, 6.07) is 10.4. The van der Waals surface area contributed by atoms with Gasteiger partial charge in [-0.05, 0) is 54.4 Å². The third kappa shape index (κ3) is 4.88. The molecule has 0 saturated carbocycles. The minimum Gasteiger partial charge on any atom is -0.304 e. The SMILES string of the molecule is CN1CCN([C@H]2C[C@H](c3ccc(F)cc3)c3ccc(C(F)(F)F)cc32)CC1.Cl.Cl. The molecule has 0 unspecified atom stereocenters. The smallest absolute Gasteiger partial charge is 0.304 e. The van der Waals surface area contributed by atoms with Crippen LogP contribution in [-0.2, 0) is 6.18 Å². The van der Waals surface area contributed by atoms with Gasteiger partial charge < -0.3 is 4.90 Å². The van der Waals surface area contributed by atoms with Gasteiger partial charge in [0.25, 0.3) is 0 Å². The Kier molecular flexibility index (Phi) is 7.60. The van der Waals surface area contributed by atoms with Crippen LogP contribution in [0.1, 0.15) is 40.6 Å². The molecule has 0 N–H and O–H groups in total. The molecule has 1 fully saturated rings. The Morgan fingerprint density at radius 1 is 0.862 bits per heavy atom. The molecule has 8 heteroatoms. The number of fused-ring (bicyclic) bond motifs is 1. The molecule has 0 spiro atoms. The number of hydrogen-bond acceptors (Lipinski definition) is 2. The van der Waals surface area contributed by atoms with E-state index in [0.717, 1.165) is 49.3 Å². The molecule has 0 bridgehead atoms. The van der Waals surface area contributed by atoms with Crippen molar-refractivity contribution in [2.75, 3.05) is 33.2 Å². The van der Waals surface area contributed by atoms with Crippen LogP contribution in [0.25, 0.3) is 0 Å². The Bertz CT molecular complexity index is 818. The van der Waals surface area contributed by atoms with Gasteiger partial charge in [0.05, 0.1) is 5.56 Å². The first kappa shape index (κ1) is 23.9. The van der Waals surface area contributed by atoms with Crippen LogP contribution in [0.15, 0.2) is 42.5 Å². The van der Waals surface area contributed by atoms with Crippen molar-refractivity contribution < 1.29 is 17.6 Å². The maximum Gasteiger partial charge on any atom is 0.416 e. The van der Waals surface area contributed by atoms with E-state index in [1.807, 2.05) is 0 Å². The summed E-state index contributed by atoms with van der Waals surface area (Å²) in [4.78, 5) is 4.53. The fourth-order valence-corrected chi connectivity index (χ4v) is 4.32. The monoisotopic (exact) mass is 450 g/mol. The van der Waals surface area contributed by atoms with E-state index in [9.17, 15) is 17.6 Å². The van der Waals surface area contributed by atoms with E-state index in [0.29, 0.717) is 0 Å². The average Bonchev–Trinajstić information content (AvgIpc) is 3.01. The van der Waals surface area contributed by atoms with Gasteiger partial charge in [0.1, 0.15) is 5.82 Å². The van der Waals surface area contributed by atoms with Gasteiger partial charge in [-0.3, -0.25) is 4.90 Å². The van der Waals surface area contributed by atoms with Crippen molar-refractivity contribution in [1.29, 1.82) is 0 Å². The van der Waals surface area contributed by atoms with Gasteiger partial charge in [-0.15, -0.1) is 24.8 Å². The van der Waals surface area contributed by atoms with E-state index in [2.05, 4.69) is 16.8 Å². The quantitative estimate of drug-likeness (QED) is 0.556. The molecule has 0 radical (unpaired) electrons. The van der Waals surface area contributed by atoms with E-state index in [1.165, 1.54) is 24.3 Å². The van der Waals surface area contributed by atoms with Crippen molar-refractivity contribution in [3.63, 3.8) is 0 Å².